The number of ether oxygens (including phenoxy) is 1. The van der Waals surface area contributed by atoms with Crippen molar-refractivity contribution in [2.75, 3.05) is 17.2 Å². The van der Waals surface area contributed by atoms with E-state index in [1.54, 1.807) is 35.5 Å². The molecule has 0 aliphatic carbocycles. The normalized spacial score (nSPS) is 20.0. The van der Waals surface area contributed by atoms with Crippen molar-refractivity contribution >= 4 is 17.2 Å². The summed E-state index contributed by atoms with van der Waals surface area (Å²) >= 11 is 0. The molecule has 3 aromatic heterocycles. The molecule has 2 N–H and O–H groups in total. The number of pyridine rings is 1. The fourth-order valence-electron chi connectivity index (χ4n) is 3.33. The van der Waals surface area contributed by atoms with Gasteiger partial charge in [0.15, 0.2) is 5.65 Å². The summed E-state index contributed by atoms with van der Waals surface area (Å²) in [6.07, 6.45) is 4.06. The van der Waals surface area contributed by atoms with Gasteiger partial charge in [-0.25, -0.2) is 23.3 Å². The van der Waals surface area contributed by atoms with Crippen molar-refractivity contribution < 1.29 is 13.5 Å². The van der Waals surface area contributed by atoms with Crippen LogP contribution in [-0.2, 0) is 0 Å². The predicted molar refractivity (Wildman–Crippen MR) is 96.4 cm³/mol. The molecule has 0 aromatic carbocycles. The van der Waals surface area contributed by atoms with Crippen LogP contribution in [0.25, 0.3) is 5.65 Å². The van der Waals surface area contributed by atoms with Crippen LogP contribution in [0.3, 0.4) is 0 Å². The Bertz CT molecular complexity index is 976. The molecule has 1 aliphatic rings. The smallest absolute Gasteiger partial charge is 0.219 e. The Balaban J connectivity index is 1.77. The average Bonchev–Trinajstić information content (AvgIpc) is 3.19. The van der Waals surface area contributed by atoms with Crippen molar-refractivity contribution in [2.45, 2.75) is 32.5 Å². The second-order valence-corrected chi connectivity index (χ2v) is 6.71. The monoisotopic (exact) mass is 373 g/mol. The molecule has 4 rings (SSSR count). The Kier molecular flexibility index (Phi) is 4.29. The van der Waals surface area contributed by atoms with Gasteiger partial charge in [-0.1, -0.05) is 0 Å². The van der Waals surface area contributed by atoms with Crippen LogP contribution in [0.1, 0.15) is 31.9 Å². The lowest BCUT2D eigenvalue weighted by molar-refractivity contribution is 0.321. The summed E-state index contributed by atoms with van der Waals surface area (Å²) in [7, 11) is 0. The van der Waals surface area contributed by atoms with Gasteiger partial charge in [0.2, 0.25) is 5.88 Å². The average molecular weight is 373 g/mol. The van der Waals surface area contributed by atoms with Crippen LogP contribution in [0, 0.1) is 11.9 Å². The Morgan fingerprint density at radius 3 is 2.93 bits per heavy atom. The number of alkyl halides is 1. The highest BCUT2D eigenvalue weighted by Gasteiger charge is 2.37. The van der Waals surface area contributed by atoms with E-state index in [9.17, 15) is 8.78 Å². The molecule has 0 saturated carbocycles. The molecule has 27 heavy (non-hydrogen) atoms. The zero-order valence-corrected chi connectivity index (χ0v) is 14.9. The number of aromatic nitrogens is 4. The number of halogens is 2. The fraction of sp³-hybridized carbons (Fsp3) is 0.333. The standard InChI is InChI=1S/C18H19F2N6O/c1-10(2)27-18-13(5-11(19)7-22-18)15-6-12(20)9-25(15)16-3-4-26-17(24-16)14(21)8-23-26/h3-5,7-8,12,15H,6,9,21H2,1-2H3/t12-,15+/m0/s1. The quantitative estimate of drug-likeness (QED) is 0.757. The van der Waals surface area contributed by atoms with Crippen LogP contribution in [0.4, 0.5) is 20.3 Å². The summed E-state index contributed by atoms with van der Waals surface area (Å²) in [5.41, 5.74) is 7.29. The number of anilines is 2. The maximum atomic E-state index is 14.4. The van der Waals surface area contributed by atoms with Crippen molar-refractivity contribution in [3.8, 4) is 5.88 Å². The minimum atomic E-state index is -1.09. The van der Waals surface area contributed by atoms with E-state index in [0.717, 1.165) is 6.20 Å². The lowest BCUT2D eigenvalue weighted by atomic mass is 10.1. The van der Waals surface area contributed by atoms with Gasteiger partial charge in [-0.2, -0.15) is 5.10 Å². The van der Waals surface area contributed by atoms with Gasteiger partial charge in [0.05, 0.1) is 30.7 Å². The van der Waals surface area contributed by atoms with Crippen molar-refractivity contribution in [1.29, 1.82) is 0 Å². The number of nitrogens with two attached hydrogens (primary N) is 1. The highest BCUT2D eigenvalue weighted by molar-refractivity contribution is 5.65. The van der Waals surface area contributed by atoms with Crippen LogP contribution in [0.2, 0.25) is 0 Å². The Morgan fingerprint density at radius 1 is 1.33 bits per heavy atom. The SMILES string of the molecule is C[C](C)Oc1ncc(F)cc1[C@H]1C[C@H](F)CN1c1ccn2ncc(N)c2n1. The van der Waals surface area contributed by atoms with E-state index in [2.05, 4.69) is 15.1 Å². The summed E-state index contributed by atoms with van der Waals surface area (Å²) in [6.45, 7) is 3.68. The molecule has 0 spiro atoms. The van der Waals surface area contributed by atoms with E-state index < -0.39 is 18.0 Å². The van der Waals surface area contributed by atoms with Gasteiger partial charge in [0.25, 0.3) is 0 Å². The number of hydrogen-bond acceptors (Lipinski definition) is 6. The zero-order chi connectivity index (χ0) is 19.1. The van der Waals surface area contributed by atoms with Crippen molar-refractivity contribution in [3.63, 3.8) is 0 Å². The molecule has 1 aliphatic heterocycles. The maximum absolute atomic E-state index is 14.4. The van der Waals surface area contributed by atoms with E-state index in [4.69, 9.17) is 10.5 Å². The van der Waals surface area contributed by atoms with Crippen LogP contribution in [0.5, 0.6) is 5.88 Å². The van der Waals surface area contributed by atoms with Gasteiger partial charge in [-0.3, -0.25) is 0 Å². The third-order valence-electron chi connectivity index (χ3n) is 4.43. The van der Waals surface area contributed by atoms with E-state index in [0.29, 0.717) is 28.8 Å². The second-order valence-electron chi connectivity index (χ2n) is 6.71. The van der Waals surface area contributed by atoms with Gasteiger partial charge in [-0.05, 0) is 26.0 Å². The molecule has 1 saturated heterocycles. The largest absolute Gasteiger partial charge is 0.467 e. The van der Waals surface area contributed by atoms with Gasteiger partial charge in [0.1, 0.15) is 23.9 Å². The van der Waals surface area contributed by atoms with Gasteiger partial charge >= 0.3 is 0 Å². The molecule has 3 aromatic rings. The number of rotatable bonds is 4. The molecule has 2 atom stereocenters. The Morgan fingerprint density at radius 2 is 2.15 bits per heavy atom. The molecule has 4 heterocycles. The number of hydrogen-bond donors (Lipinski definition) is 1. The zero-order valence-electron chi connectivity index (χ0n) is 14.9. The van der Waals surface area contributed by atoms with Crippen LogP contribution in [-0.4, -0.2) is 32.3 Å². The van der Waals surface area contributed by atoms with E-state index in [-0.39, 0.29) is 18.8 Å². The van der Waals surface area contributed by atoms with Gasteiger partial charge < -0.3 is 15.4 Å². The molecule has 0 amide bonds. The van der Waals surface area contributed by atoms with Crippen molar-refractivity contribution in [3.05, 3.63) is 48.2 Å². The first kappa shape index (κ1) is 17.4. The molecule has 7 nitrogen and oxygen atoms in total. The summed E-state index contributed by atoms with van der Waals surface area (Å²) in [5, 5.41) is 4.09. The first-order chi connectivity index (χ1) is 12.9. The van der Waals surface area contributed by atoms with Crippen LogP contribution in [0.15, 0.2) is 30.7 Å². The van der Waals surface area contributed by atoms with E-state index >= 15 is 0 Å². The third kappa shape index (κ3) is 3.24. The molecule has 0 unspecified atom stereocenters. The maximum Gasteiger partial charge on any atom is 0.219 e. The topological polar surface area (TPSA) is 81.6 Å². The summed E-state index contributed by atoms with van der Waals surface area (Å²) < 4.78 is 35.4. The van der Waals surface area contributed by atoms with Crippen molar-refractivity contribution in [1.82, 2.24) is 19.6 Å². The fourth-order valence-corrected chi connectivity index (χ4v) is 3.33. The lowest BCUT2D eigenvalue weighted by Crippen LogP contribution is -2.25. The minimum absolute atomic E-state index is 0.132. The van der Waals surface area contributed by atoms with Crippen molar-refractivity contribution in [2.24, 2.45) is 0 Å². The Hall–Kier alpha value is -2.97. The number of nitrogen functional groups attached to an aromatic ring is 1. The lowest BCUT2D eigenvalue weighted by Gasteiger charge is -2.27. The molecule has 1 radical (unpaired) electrons. The van der Waals surface area contributed by atoms with E-state index in [1.165, 1.54) is 12.3 Å². The highest BCUT2D eigenvalue weighted by atomic mass is 19.1. The summed E-state index contributed by atoms with van der Waals surface area (Å²) in [6, 6.07) is 2.61. The molecule has 0 bridgehead atoms. The second kappa shape index (κ2) is 6.64. The number of nitrogens with zero attached hydrogens (tertiary/aromatic N) is 5. The molecular formula is C18H19F2N6O. The first-order valence-corrected chi connectivity index (χ1v) is 8.56. The first-order valence-electron chi connectivity index (χ1n) is 8.56. The van der Waals surface area contributed by atoms with E-state index in [1.807, 2.05) is 0 Å². The molecule has 141 valence electrons. The predicted octanol–water partition coefficient (Wildman–Crippen LogP) is 3.09. The minimum Gasteiger partial charge on any atom is -0.467 e. The summed E-state index contributed by atoms with van der Waals surface area (Å²) in [4.78, 5) is 10.3. The molecule has 9 heteroatoms. The van der Waals surface area contributed by atoms with Gasteiger partial charge in [0, 0.05) is 18.2 Å². The highest BCUT2D eigenvalue weighted by Crippen LogP contribution is 2.40. The third-order valence-corrected chi connectivity index (χ3v) is 4.43. The Labute approximate surface area is 154 Å². The summed E-state index contributed by atoms with van der Waals surface area (Å²) in [5.74, 6) is 0.300. The van der Waals surface area contributed by atoms with Crippen LogP contribution >= 0.6 is 0 Å². The molecular weight excluding hydrogens is 354 g/mol. The van der Waals surface area contributed by atoms with Gasteiger partial charge in [-0.15, -0.1) is 0 Å². The molecule has 1 fully saturated rings. The number of fused-ring (bicyclic) bond motifs is 1. The van der Waals surface area contributed by atoms with Crippen LogP contribution < -0.4 is 15.4 Å².